The first-order valence-corrected chi connectivity index (χ1v) is 11.4. The van der Waals surface area contributed by atoms with Crippen LogP contribution in [0.2, 0.25) is 0 Å². The summed E-state index contributed by atoms with van der Waals surface area (Å²) in [5, 5.41) is 19.5. The molecule has 4 rings (SSSR count). The summed E-state index contributed by atoms with van der Waals surface area (Å²) in [5.41, 5.74) is 4.50. The number of urea groups is 1. The number of fused-ring (bicyclic) bond motifs is 1. The van der Waals surface area contributed by atoms with E-state index in [1.165, 1.54) is 11.1 Å². The monoisotopic (exact) mass is 423 g/mol. The lowest BCUT2D eigenvalue weighted by Gasteiger charge is -2.27. The smallest absolute Gasteiger partial charge is 0.319 e. The Balaban J connectivity index is 1.19. The Morgan fingerprint density at radius 1 is 1.13 bits per heavy atom. The largest absolute Gasteiger partial charge is 0.389 e. The van der Waals surface area contributed by atoms with Gasteiger partial charge in [0.15, 0.2) is 0 Å². The van der Waals surface area contributed by atoms with E-state index < -0.39 is 6.10 Å². The Labute approximate surface area is 184 Å². The number of nitrogens with one attached hydrogen (secondary N) is 3. The molecule has 2 aliphatic rings. The SMILES string of the molecule is CC(NCC(O)COC1CCCc2ccccc21)c1ccc(NC(=O)NC2CC2)cc1. The molecule has 4 N–H and O–H groups in total. The zero-order chi connectivity index (χ0) is 21.6. The third-order valence-electron chi connectivity index (χ3n) is 6.04. The van der Waals surface area contributed by atoms with Crippen LogP contribution in [0.3, 0.4) is 0 Å². The number of aliphatic hydroxyl groups is 1. The number of ether oxygens (including phenoxy) is 1. The molecule has 3 unspecified atom stereocenters. The molecule has 0 aromatic heterocycles. The minimum atomic E-state index is -0.566. The molecular weight excluding hydrogens is 390 g/mol. The van der Waals surface area contributed by atoms with Crippen LogP contribution in [-0.2, 0) is 11.2 Å². The van der Waals surface area contributed by atoms with Crippen molar-refractivity contribution in [2.24, 2.45) is 0 Å². The van der Waals surface area contributed by atoms with Gasteiger partial charge in [0.2, 0.25) is 0 Å². The van der Waals surface area contributed by atoms with Gasteiger partial charge in [-0.05, 0) is 67.9 Å². The van der Waals surface area contributed by atoms with E-state index in [0.717, 1.165) is 43.4 Å². The van der Waals surface area contributed by atoms with Crippen molar-refractivity contribution in [2.75, 3.05) is 18.5 Å². The Hall–Kier alpha value is -2.41. The molecule has 3 atom stereocenters. The Morgan fingerprint density at radius 3 is 2.68 bits per heavy atom. The number of amides is 2. The van der Waals surface area contributed by atoms with Crippen LogP contribution < -0.4 is 16.0 Å². The molecule has 0 saturated heterocycles. The zero-order valence-corrected chi connectivity index (χ0v) is 18.1. The summed E-state index contributed by atoms with van der Waals surface area (Å²) in [6, 6.07) is 16.5. The minimum absolute atomic E-state index is 0.0779. The maximum Gasteiger partial charge on any atom is 0.319 e. The van der Waals surface area contributed by atoms with E-state index in [1.807, 2.05) is 24.3 Å². The molecule has 0 aliphatic heterocycles. The zero-order valence-electron chi connectivity index (χ0n) is 18.1. The van der Waals surface area contributed by atoms with Crippen molar-refractivity contribution >= 4 is 11.7 Å². The molecule has 2 aromatic rings. The number of carbonyl (C=O) groups is 1. The maximum atomic E-state index is 11.8. The molecular formula is C25H33N3O3. The highest BCUT2D eigenvalue weighted by atomic mass is 16.5. The molecule has 0 heterocycles. The molecule has 1 saturated carbocycles. The van der Waals surface area contributed by atoms with Gasteiger partial charge in [-0.1, -0.05) is 36.4 Å². The van der Waals surface area contributed by atoms with Crippen molar-refractivity contribution in [2.45, 2.75) is 63.3 Å². The number of aryl methyl sites for hydroxylation is 1. The molecule has 2 aromatic carbocycles. The Morgan fingerprint density at radius 2 is 1.90 bits per heavy atom. The van der Waals surface area contributed by atoms with Crippen LogP contribution in [0.1, 0.15) is 61.4 Å². The van der Waals surface area contributed by atoms with E-state index in [2.05, 4.69) is 47.1 Å². The van der Waals surface area contributed by atoms with Crippen molar-refractivity contribution < 1.29 is 14.6 Å². The van der Waals surface area contributed by atoms with Crippen LogP contribution in [0.25, 0.3) is 0 Å². The quantitative estimate of drug-likeness (QED) is 0.490. The average molecular weight is 424 g/mol. The number of hydrogen-bond donors (Lipinski definition) is 4. The van der Waals surface area contributed by atoms with Gasteiger partial charge in [-0.15, -0.1) is 0 Å². The Kier molecular flexibility index (Phi) is 7.22. The van der Waals surface area contributed by atoms with E-state index in [9.17, 15) is 9.90 Å². The summed E-state index contributed by atoms with van der Waals surface area (Å²) in [6.45, 7) is 2.84. The molecule has 0 bridgehead atoms. The lowest BCUT2D eigenvalue weighted by molar-refractivity contribution is -0.0173. The second kappa shape index (κ2) is 10.3. The van der Waals surface area contributed by atoms with Gasteiger partial charge >= 0.3 is 6.03 Å². The average Bonchev–Trinajstić information content (AvgIpc) is 3.60. The van der Waals surface area contributed by atoms with Crippen molar-refractivity contribution in [3.05, 3.63) is 65.2 Å². The minimum Gasteiger partial charge on any atom is -0.389 e. The van der Waals surface area contributed by atoms with Crippen molar-refractivity contribution in [3.8, 4) is 0 Å². The molecule has 6 heteroatoms. The standard InChI is InChI=1S/C25H33N3O3/c1-17(18-9-11-20(12-10-18)27-25(30)28-21-13-14-21)26-15-22(29)16-31-24-8-4-6-19-5-2-3-7-23(19)24/h2-3,5,7,9-12,17,21-22,24,26,29H,4,6,8,13-16H2,1H3,(H2,27,28,30). The summed E-state index contributed by atoms with van der Waals surface area (Å²) in [4.78, 5) is 11.8. The van der Waals surface area contributed by atoms with Gasteiger partial charge in [0.1, 0.15) is 0 Å². The highest BCUT2D eigenvalue weighted by molar-refractivity contribution is 5.89. The predicted molar refractivity (Wildman–Crippen MR) is 122 cm³/mol. The number of aliphatic hydroxyl groups excluding tert-OH is 1. The third kappa shape index (κ3) is 6.29. The molecule has 166 valence electrons. The van der Waals surface area contributed by atoms with E-state index in [-0.39, 0.29) is 18.2 Å². The van der Waals surface area contributed by atoms with Crippen molar-refractivity contribution in [1.82, 2.24) is 10.6 Å². The fourth-order valence-electron chi connectivity index (χ4n) is 4.03. The van der Waals surface area contributed by atoms with Crippen molar-refractivity contribution in [1.29, 1.82) is 0 Å². The highest BCUT2D eigenvalue weighted by Crippen LogP contribution is 2.32. The third-order valence-corrected chi connectivity index (χ3v) is 6.04. The van der Waals surface area contributed by atoms with E-state index in [1.54, 1.807) is 0 Å². The van der Waals surface area contributed by atoms with Crippen LogP contribution in [0.4, 0.5) is 10.5 Å². The summed E-state index contributed by atoms with van der Waals surface area (Å²) >= 11 is 0. The van der Waals surface area contributed by atoms with Crippen molar-refractivity contribution in [3.63, 3.8) is 0 Å². The summed E-state index contributed by atoms with van der Waals surface area (Å²) in [7, 11) is 0. The normalized spacial score (nSPS) is 19.9. The molecule has 2 amide bonds. The van der Waals surface area contributed by atoms with E-state index in [0.29, 0.717) is 19.2 Å². The second-order valence-electron chi connectivity index (χ2n) is 8.69. The van der Waals surface area contributed by atoms with Crippen LogP contribution in [0.15, 0.2) is 48.5 Å². The fourth-order valence-corrected chi connectivity index (χ4v) is 4.03. The number of carbonyl (C=O) groups excluding carboxylic acids is 1. The molecule has 0 radical (unpaired) electrons. The highest BCUT2D eigenvalue weighted by Gasteiger charge is 2.23. The van der Waals surface area contributed by atoms with Gasteiger partial charge < -0.3 is 25.8 Å². The lowest BCUT2D eigenvalue weighted by atomic mass is 9.89. The fraction of sp³-hybridized carbons (Fsp3) is 0.480. The van der Waals surface area contributed by atoms with E-state index in [4.69, 9.17) is 4.74 Å². The summed E-state index contributed by atoms with van der Waals surface area (Å²) in [6.07, 6.45) is 4.89. The predicted octanol–water partition coefficient (Wildman–Crippen LogP) is 4.08. The van der Waals surface area contributed by atoms with Gasteiger partial charge in [-0.3, -0.25) is 0 Å². The van der Waals surface area contributed by atoms with Gasteiger partial charge in [0, 0.05) is 24.3 Å². The molecule has 1 fully saturated rings. The van der Waals surface area contributed by atoms with Crippen LogP contribution >= 0.6 is 0 Å². The first-order valence-electron chi connectivity index (χ1n) is 11.4. The topological polar surface area (TPSA) is 82.6 Å². The molecule has 0 spiro atoms. The number of rotatable bonds is 9. The first-order chi connectivity index (χ1) is 15.1. The molecule has 31 heavy (non-hydrogen) atoms. The molecule has 2 aliphatic carbocycles. The van der Waals surface area contributed by atoms with Gasteiger partial charge in [-0.25, -0.2) is 4.79 Å². The molecule has 6 nitrogen and oxygen atoms in total. The number of benzene rings is 2. The lowest BCUT2D eigenvalue weighted by Crippen LogP contribution is -2.33. The van der Waals surface area contributed by atoms with Crippen LogP contribution in [0.5, 0.6) is 0 Å². The maximum absolute atomic E-state index is 11.8. The van der Waals surface area contributed by atoms with Gasteiger partial charge in [-0.2, -0.15) is 0 Å². The van der Waals surface area contributed by atoms with Gasteiger partial charge in [0.25, 0.3) is 0 Å². The number of anilines is 1. The number of hydrogen-bond acceptors (Lipinski definition) is 4. The Bertz CT molecular complexity index is 867. The first kappa shape index (κ1) is 21.8. The summed E-state index contributed by atoms with van der Waals surface area (Å²) < 4.78 is 6.06. The van der Waals surface area contributed by atoms with Gasteiger partial charge in [0.05, 0.1) is 18.8 Å². The van der Waals surface area contributed by atoms with Crippen LogP contribution in [-0.4, -0.2) is 36.4 Å². The second-order valence-corrected chi connectivity index (χ2v) is 8.69. The van der Waals surface area contributed by atoms with E-state index >= 15 is 0 Å². The summed E-state index contributed by atoms with van der Waals surface area (Å²) in [5.74, 6) is 0. The van der Waals surface area contributed by atoms with Crippen LogP contribution in [0, 0.1) is 0 Å².